The van der Waals surface area contributed by atoms with Crippen LogP contribution < -0.4 is 10.1 Å². The number of rotatable bonds is 6. The van der Waals surface area contributed by atoms with Crippen LogP contribution in [0.25, 0.3) is 0 Å². The number of hydrogen-bond donors (Lipinski definition) is 1. The topological polar surface area (TPSA) is 21.3 Å². The third kappa shape index (κ3) is 3.81. The Hall–Kier alpha value is -0.840. The van der Waals surface area contributed by atoms with Gasteiger partial charge in [-0.25, -0.2) is 0 Å². The van der Waals surface area contributed by atoms with Gasteiger partial charge in [0, 0.05) is 4.88 Å². The van der Waals surface area contributed by atoms with Gasteiger partial charge in [-0.1, -0.05) is 19.1 Å². The van der Waals surface area contributed by atoms with Crippen molar-refractivity contribution in [1.29, 1.82) is 0 Å². The summed E-state index contributed by atoms with van der Waals surface area (Å²) in [5.74, 6) is 0.899. The Balaban J connectivity index is 2.30. The molecule has 0 saturated carbocycles. The molecule has 2 nitrogen and oxygen atoms in total. The second kappa shape index (κ2) is 7.08. The van der Waals surface area contributed by atoms with Gasteiger partial charge in [0.15, 0.2) is 0 Å². The van der Waals surface area contributed by atoms with Gasteiger partial charge >= 0.3 is 0 Å². The van der Waals surface area contributed by atoms with Gasteiger partial charge < -0.3 is 10.1 Å². The van der Waals surface area contributed by atoms with Gasteiger partial charge in [-0.05, 0) is 58.7 Å². The maximum Gasteiger partial charge on any atom is 0.119 e. The molecule has 4 heteroatoms. The van der Waals surface area contributed by atoms with Crippen LogP contribution in [0, 0.1) is 0 Å². The summed E-state index contributed by atoms with van der Waals surface area (Å²) in [6.07, 6.45) is 1.12. The number of hydrogen-bond acceptors (Lipinski definition) is 3. The van der Waals surface area contributed by atoms with Crippen molar-refractivity contribution in [3.05, 3.63) is 50.6 Å². The van der Waals surface area contributed by atoms with Gasteiger partial charge in [0.05, 0.1) is 16.9 Å². The molecule has 2 rings (SSSR count). The molecular weight excluding hydrogens is 322 g/mol. The van der Waals surface area contributed by atoms with E-state index in [0.717, 1.165) is 22.5 Å². The van der Waals surface area contributed by atoms with E-state index in [4.69, 9.17) is 4.74 Å². The Bertz CT molecular complexity index is 526. The fourth-order valence-corrected chi connectivity index (χ4v) is 3.50. The molecule has 19 heavy (non-hydrogen) atoms. The fraction of sp³-hybridized carbons (Fsp3) is 0.333. The van der Waals surface area contributed by atoms with Crippen LogP contribution >= 0.6 is 27.3 Å². The van der Waals surface area contributed by atoms with Crippen LogP contribution in [-0.2, 0) is 0 Å². The molecule has 0 radical (unpaired) electrons. The summed E-state index contributed by atoms with van der Waals surface area (Å²) in [4.78, 5) is 1.31. The van der Waals surface area contributed by atoms with Crippen LogP contribution in [0.15, 0.2) is 40.2 Å². The van der Waals surface area contributed by atoms with E-state index in [-0.39, 0.29) is 6.04 Å². The molecule has 1 heterocycles. The maximum absolute atomic E-state index is 5.32. The van der Waals surface area contributed by atoms with E-state index in [9.17, 15) is 0 Å². The molecule has 1 N–H and O–H groups in total. The molecule has 0 saturated heterocycles. The van der Waals surface area contributed by atoms with E-state index in [2.05, 4.69) is 52.4 Å². The quantitative estimate of drug-likeness (QED) is 0.829. The number of halogens is 1. The van der Waals surface area contributed by atoms with Gasteiger partial charge in [-0.3, -0.25) is 0 Å². The van der Waals surface area contributed by atoms with E-state index in [1.807, 2.05) is 12.1 Å². The molecule has 1 aromatic heterocycles. The minimum atomic E-state index is 0.228. The predicted octanol–water partition coefficient (Wildman–Crippen LogP) is 4.61. The van der Waals surface area contributed by atoms with Gasteiger partial charge in [0.2, 0.25) is 0 Å². The molecule has 102 valence electrons. The highest BCUT2D eigenvalue weighted by Gasteiger charge is 2.15. The lowest BCUT2D eigenvalue weighted by Gasteiger charge is -2.18. The van der Waals surface area contributed by atoms with Gasteiger partial charge in [0.1, 0.15) is 5.75 Å². The zero-order chi connectivity index (χ0) is 13.7. The molecule has 0 fully saturated rings. The minimum Gasteiger partial charge on any atom is -0.497 e. The molecule has 1 unspecified atom stereocenters. The van der Waals surface area contributed by atoms with Crippen LogP contribution in [0.3, 0.4) is 0 Å². The maximum atomic E-state index is 5.32. The van der Waals surface area contributed by atoms with E-state index in [1.54, 1.807) is 18.4 Å². The number of methoxy groups -OCH3 is 1. The predicted molar refractivity (Wildman–Crippen MR) is 85.1 cm³/mol. The van der Waals surface area contributed by atoms with Crippen LogP contribution in [0.2, 0.25) is 0 Å². The third-order valence-electron chi connectivity index (χ3n) is 2.90. The van der Waals surface area contributed by atoms with E-state index in [1.165, 1.54) is 10.4 Å². The molecule has 0 aliphatic heterocycles. The second-order valence-electron chi connectivity index (χ2n) is 4.31. The molecule has 0 aliphatic rings. The summed E-state index contributed by atoms with van der Waals surface area (Å²) in [5, 5.41) is 3.60. The van der Waals surface area contributed by atoms with Crippen molar-refractivity contribution in [2.75, 3.05) is 13.7 Å². The lowest BCUT2D eigenvalue weighted by Crippen LogP contribution is -2.22. The molecule has 0 bridgehead atoms. The Morgan fingerprint density at radius 1 is 1.32 bits per heavy atom. The third-order valence-corrected chi connectivity index (χ3v) is 4.59. The largest absolute Gasteiger partial charge is 0.497 e. The zero-order valence-electron chi connectivity index (χ0n) is 11.2. The van der Waals surface area contributed by atoms with E-state index < -0.39 is 0 Å². The van der Waals surface area contributed by atoms with Crippen LogP contribution in [0.1, 0.15) is 29.8 Å². The Labute approximate surface area is 126 Å². The first-order chi connectivity index (χ1) is 9.24. The lowest BCUT2D eigenvalue weighted by molar-refractivity contribution is 0.413. The Morgan fingerprint density at radius 2 is 2.16 bits per heavy atom. The van der Waals surface area contributed by atoms with Crippen molar-refractivity contribution < 1.29 is 4.74 Å². The molecule has 0 aliphatic carbocycles. The van der Waals surface area contributed by atoms with Crippen LogP contribution in [0.4, 0.5) is 0 Å². The first-order valence-electron chi connectivity index (χ1n) is 6.37. The van der Waals surface area contributed by atoms with Crippen molar-refractivity contribution in [1.82, 2.24) is 5.32 Å². The average Bonchev–Trinajstić information content (AvgIpc) is 2.86. The SMILES string of the molecule is CCCNC(c1cccc(OC)c1)c1ccc(Br)s1. The monoisotopic (exact) mass is 339 g/mol. The number of thiophene rings is 1. The summed E-state index contributed by atoms with van der Waals surface area (Å²) in [6.45, 7) is 3.18. The molecule has 0 amide bonds. The molecule has 0 spiro atoms. The van der Waals surface area contributed by atoms with Crippen molar-refractivity contribution in [3.8, 4) is 5.75 Å². The highest BCUT2D eigenvalue weighted by Crippen LogP contribution is 2.32. The molecule has 1 atom stereocenters. The first-order valence-corrected chi connectivity index (χ1v) is 7.98. The molecule has 1 aromatic carbocycles. The average molecular weight is 340 g/mol. The zero-order valence-corrected chi connectivity index (χ0v) is 13.6. The summed E-state index contributed by atoms with van der Waals surface area (Å²) in [7, 11) is 1.70. The lowest BCUT2D eigenvalue weighted by atomic mass is 10.0. The molecular formula is C15H18BrNOS. The van der Waals surface area contributed by atoms with E-state index in [0.29, 0.717) is 0 Å². The first kappa shape index (κ1) is 14.6. The fourth-order valence-electron chi connectivity index (χ4n) is 1.98. The summed E-state index contributed by atoms with van der Waals surface area (Å²) in [6, 6.07) is 12.8. The van der Waals surface area contributed by atoms with Crippen molar-refractivity contribution >= 4 is 27.3 Å². The standard InChI is InChI=1S/C15H18BrNOS/c1-3-9-17-15(13-7-8-14(16)19-13)11-5-4-6-12(10-11)18-2/h4-8,10,15,17H,3,9H2,1-2H3. The van der Waals surface area contributed by atoms with Crippen LogP contribution in [0.5, 0.6) is 5.75 Å². The Morgan fingerprint density at radius 3 is 2.79 bits per heavy atom. The highest BCUT2D eigenvalue weighted by atomic mass is 79.9. The number of benzene rings is 1. The van der Waals surface area contributed by atoms with Gasteiger partial charge in [-0.2, -0.15) is 0 Å². The smallest absolute Gasteiger partial charge is 0.119 e. The molecule has 2 aromatic rings. The Kier molecular flexibility index (Phi) is 5.43. The van der Waals surface area contributed by atoms with Crippen LogP contribution in [-0.4, -0.2) is 13.7 Å². The van der Waals surface area contributed by atoms with Gasteiger partial charge in [0.25, 0.3) is 0 Å². The van der Waals surface area contributed by atoms with Gasteiger partial charge in [-0.15, -0.1) is 11.3 Å². The minimum absolute atomic E-state index is 0.228. The highest BCUT2D eigenvalue weighted by molar-refractivity contribution is 9.11. The number of nitrogens with one attached hydrogen (secondary N) is 1. The van der Waals surface area contributed by atoms with Crippen molar-refractivity contribution in [2.45, 2.75) is 19.4 Å². The van der Waals surface area contributed by atoms with Crippen molar-refractivity contribution in [2.24, 2.45) is 0 Å². The summed E-state index contributed by atoms with van der Waals surface area (Å²) >= 11 is 5.30. The summed E-state index contributed by atoms with van der Waals surface area (Å²) in [5.41, 5.74) is 1.24. The number of ether oxygens (including phenoxy) is 1. The van der Waals surface area contributed by atoms with E-state index >= 15 is 0 Å². The summed E-state index contributed by atoms with van der Waals surface area (Å²) < 4.78 is 6.48. The normalized spacial score (nSPS) is 12.4. The van der Waals surface area contributed by atoms with Crippen molar-refractivity contribution in [3.63, 3.8) is 0 Å². The second-order valence-corrected chi connectivity index (χ2v) is 6.80.